The topological polar surface area (TPSA) is 125 Å². The molecule has 6 rings (SSSR count). The molecule has 1 aromatic heterocycles. The number of nitrogens with two attached hydrogens (primary N) is 1. The number of aromatic nitrogens is 2. The summed E-state index contributed by atoms with van der Waals surface area (Å²) >= 11 is 8.84. The summed E-state index contributed by atoms with van der Waals surface area (Å²) in [5, 5.41) is 23.2. The van der Waals surface area contributed by atoms with E-state index in [2.05, 4.69) is 21.6 Å². The van der Waals surface area contributed by atoms with Gasteiger partial charge in [0.1, 0.15) is 17.3 Å². The summed E-state index contributed by atoms with van der Waals surface area (Å²) in [4.78, 5) is 29.4. The Morgan fingerprint density at radius 2 is 1.90 bits per heavy atom. The van der Waals surface area contributed by atoms with Crippen LogP contribution >= 0.6 is 34.7 Å². The van der Waals surface area contributed by atoms with Crippen LogP contribution in [0.15, 0.2) is 75.5 Å². The van der Waals surface area contributed by atoms with Crippen LogP contribution in [0.25, 0.3) is 0 Å². The molecule has 0 bridgehead atoms. The lowest BCUT2D eigenvalue weighted by Gasteiger charge is -2.45. The normalized spacial score (nSPS) is 21.6. The Morgan fingerprint density at radius 1 is 1.15 bits per heavy atom. The molecular weight excluding hydrogens is 552 g/mol. The van der Waals surface area contributed by atoms with Crippen molar-refractivity contribution >= 4 is 57.2 Å². The first-order valence-corrected chi connectivity index (χ1v) is 14.4. The number of Topliss-reactive ketones (excluding diaryl/α,β-unsaturated/α-hetero) is 1. The molecule has 1 spiro atoms. The van der Waals surface area contributed by atoms with Gasteiger partial charge in [-0.25, -0.2) is 0 Å². The van der Waals surface area contributed by atoms with Gasteiger partial charge in [-0.05, 0) is 35.6 Å². The summed E-state index contributed by atoms with van der Waals surface area (Å²) in [6, 6.07) is 16.9. The lowest BCUT2D eigenvalue weighted by Crippen LogP contribution is -2.52. The fourth-order valence-corrected chi connectivity index (χ4v) is 7.63. The van der Waals surface area contributed by atoms with Crippen molar-refractivity contribution in [2.75, 3.05) is 10.2 Å². The second kappa shape index (κ2) is 9.23. The molecule has 2 aliphatic heterocycles. The number of allylic oxidation sites excluding steroid dienone is 1. The van der Waals surface area contributed by atoms with E-state index >= 15 is 0 Å². The number of rotatable bonds is 4. The monoisotopic (exact) mass is 574 g/mol. The number of halogens is 1. The van der Waals surface area contributed by atoms with Crippen LogP contribution in [0.2, 0.25) is 5.02 Å². The van der Waals surface area contributed by atoms with E-state index in [1.807, 2.05) is 38.1 Å². The number of thioether (sulfide) groups is 1. The van der Waals surface area contributed by atoms with Gasteiger partial charge in [0.15, 0.2) is 10.1 Å². The molecule has 39 heavy (non-hydrogen) atoms. The number of amides is 1. The smallest absolute Gasteiger partial charge is 0.245 e. The van der Waals surface area contributed by atoms with Crippen molar-refractivity contribution in [1.29, 1.82) is 5.26 Å². The Bertz CT molecular complexity index is 1650. The summed E-state index contributed by atoms with van der Waals surface area (Å²) in [6.45, 7) is 4.02. The minimum absolute atomic E-state index is 0.0160. The summed E-state index contributed by atoms with van der Waals surface area (Å²) in [7, 11) is 0. The number of benzene rings is 2. The largest absolute Gasteiger partial charge is 0.384 e. The number of hydrogen-bond donors (Lipinski definition) is 2. The van der Waals surface area contributed by atoms with Crippen molar-refractivity contribution in [2.24, 2.45) is 11.1 Å². The van der Waals surface area contributed by atoms with Gasteiger partial charge in [0.25, 0.3) is 0 Å². The standard InChI is InChI=1S/C28H23ClN6O2S2/c1-27(2)11-20-22(21(36)12-27)28(17-5-3-4-6-19(17)32-24(28)37)18(13-30)23(31)35(20)25-33-34-26(39-25)38-14-15-7-9-16(29)10-8-15/h3-10H,11-12,14,31H2,1-2H3,(H,32,37)/t28-/m0/s1. The number of nitrogens with zero attached hydrogens (tertiary/aromatic N) is 4. The maximum Gasteiger partial charge on any atom is 0.245 e. The van der Waals surface area contributed by atoms with E-state index in [1.54, 1.807) is 29.2 Å². The van der Waals surface area contributed by atoms with E-state index in [9.17, 15) is 14.9 Å². The molecule has 3 N–H and O–H groups in total. The highest BCUT2D eigenvalue weighted by atomic mass is 35.5. The Hall–Kier alpha value is -3.65. The molecule has 1 amide bonds. The number of para-hydroxylation sites is 1. The zero-order chi connectivity index (χ0) is 27.5. The van der Waals surface area contributed by atoms with Crippen molar-refractivity contribution < 1.29 is 9.59 Å². The second-order valence-corrected chi connectivity index (χ2v) is 13.1. The average molecular weight is 575 g/mol. The Labute approximate surface area is 238 Å². The zero-order valence-corrected chi connectivity index (χ0v) is 23.5. The van der Waals surface area contributed by atoms with Crippen LogP contribution in [0.5, 0.6) is 0 Å². The lowest BCUT2D eigenvalue weighted by molar-refractivity contribution is -0.123. The van der Waals surface area contributed by atoms with Crippen LogP contribution in [0.4, 0.5) is 10.8 Å². The molecule has 0 saturated heterocycles. The zero-order valence-electron chi connectivity index (χ0n) is 21.1. The molecule has 8 nitrogen and oxygen atoms in total. The Kier molecular flexibility index (Phi) is 6.06. The van der Waals surface area contributed by atoms with Gasteiger partial charge in [-0.3, -0.25) is 14.5 Å². The molecule has 196 valence electrons. The number of fused-ring (bicyclic) bond motifs is 3. The van der Waals surface area contributed by atoms with Gasteiger partial charge in [0, 0.05) is 39.7 Å². The van der Waals surface area contributed by atoms with Gasteiger partial charge >= 0.3 is 0 Å². The van der Waals surface area contributed by atoms with E-state index in [-0.39, 0.29) is 29.0 Å². The molecular formula is C28H23ClN6O2S2. The third-order valence-electron chi connectivity index (χ3n) is 7.26. The fraction of sp³-hybridized carbons (Fsp3) is 0.250. The first kappa shape index (κ1) is 25.6. The van der Waals surface area contributed by atoms with Crippen LogP contribution in [0, 0.1) is 16.7 Å². The van der Waals surface area contributed by atoms with Crippen molar-refractivity contribution in [3.8, 4) is 6.07 Å². The molecule has 0 unspecified atom stereocenters. The van der Waals surface area contributed by atoms with Gasteiger partial charge in [0.05, 0.1) is 5.57 Å². The molecule has 3 heterocycles. The highest BCUT2D eigenvalue weighted by Gasteiger charge is 2.61. The summed E-state index contributed by atoms with van der Waals surface area (Å²) in [5.74, 6) is 0.124. The van der Waals surface area contributed by atoms with E-state index in [0.29, 0.717) is 49.2 Å². The Morgan fingerprint density at radius 3 is 2.64 bits per heavy atom. The average Bonchev–Trinajstić information content (AvgIpc) is 3.46. The van der Waals surface area contributed by atoms with Crippen molar-refractivity contribution in [2.45, 2.75) is 42.2 Å². The number of carbonyl (C=O) groups excluding carboxylic acids is 2. The van der Waals surface area contributed by atoms with Crippen LogP contribution in [0.1, 0.15) is 37.8 Å². The molecule has 11 heteroatoms. The molecule has 3 aliphatic rings. The number of nitrogens with one attached hydrogen (secondary N) is 1. The molecule has 3 aromatic rings. The first-order valence-electron chi connectivity index (χ1n) is 12.2. The molecule has 1 aliphatic carbocycles. The van der Waals surface area contributed by atoms with Crippen LogP contribution < -0.4 is 16.0 Å². The molecule has 0 radical (unpaired) electrons. The summed E-state index contributed by atoms with van der Waals surface area (Å²) < 4.78 is 0.707. The highest BCUT2D eigenvalue weighted by molar-refractivity contribution is 8.00. The SMILES string of the molecule is CC1(C)CC(=O)C2=C(C1)N(c1nnc(SCc3ccc(Cl)cc3)s1)C(N)=C(C#N)[C@]21C(=O)Nc2ccccc21. The molecule has 1 atom stereocenters. The predicted octanol–water partition coefficient (Wildman–Crippen LogP) is 5.53. The summed E-state index contributed by atoms with van der Waals surface area (Å²) in [5.41, 5.74) is 7.87. The number of ketones is 1. The summed E-state index contributed by atoms with van der Waals surface area (Å²) in [6.07, 6.45) is 0.714. The predicted molar refractivity (Wildman–Crippen MR) is 152 cm³/mol. The van der Waals surface area contributed by atoms with Crippen molar-refractivity contribution in [3.63, 3.8) is 0 Å². The minimum atomic E-state index is -1.61. The van der Waals surface area contributed by atoms with Crippen LogP contribution in [-0.2, 0) is 20.8 Å². The van der Waals surface area contributed by atoms with Gasteiger partial charge in [-0.2, -0.15) is 5.26 Å². The van der Waals surface area contributed by atoms with Crippen molar-refractivity contribution in [1.82, 2.24) is 10.2 Å². The highest BCUT2D eigenvalue weighted by Crippen LogP contribution is 2.57. The fourth-order valence-electron chi connectivity index (χ4n) is 5.67. The van der Waals surface area contributed by atoms with E-state index in [0.717, 1.165) is 5.56 Å². The number of anilines is 2. The van der Waals surface area contributed by atoms with E-state index in [1.165, 1.54) is 23.1 Å². The molecule has 0 saturated carbocycles. The van der Waals surface area contributed by atoms with E-state index in [4.69, 9.17) is 17.3 Å². The lowest BCUT2D eigenvalue weighted by atomic mass is 9.61. The van der Waals surface area contributed by atoms with Gasteiger partial charge in [-0.1, -0.05) is 78.9 Å². The van der Waals surface area contributed by atoms with Crippen molar-refractivity contribution in [3.05, 3.63) is 87.3 Å². The number of carbonyl (C=O) groups is 2. The van der Waals surface area contributed by atoms with E-state index < -0.39 is 11.3 Å². The first-order chi connectivity index (χ1) is 18.7. The Balaban J connectivity index is 1.48. The van der Waals surface area contributed by atoms with Gasteiger partial charge in [-0.15, -0.1) is 10.2 Å². The third kappa shape index (κ3) is 3.95. The van der Waals surface area contributed by atoms with Gasteiger partial charge in [0.2, 0.25) is 11.0 Å². The number of nitriles is 1. The number of hydrogen-bond acceptors (Lipinski definition) is 9. The third-order valence-corrected chi connectivity index (χ3v) is 9.63. The molecule has 0 fully saturated rings. The maximum absolute atomic E-state index is 13.9. The minimum Gasteiger partial charge on any atom is -0.384 e. The maximum atomic E-state index is 13.9. The van der Waals surface area contributed by atoms with Crippen LogP contribution in [-0.4, -0.2) is 21.9 Å². The second-order valence-electron chi connectivity index (χ2n) is 10.5. The van der Waals surface area contributed by atoms with Gasteiger partial charge < -0.3 is 11.1 Å². The van der Waals surface area contributed by atoms with Crippen LogP contribution in [0.3, 0.4) is 0 Å². The quantitative estimate of drug-likeness (QED) is 0.390. The molecule has 2 aromatic carbocycles.